The van der Waals surface area contributed by atoms with Gasteiger partial charge in [0.1, 0.15) is 11.8 Å². The van der Waals surface area contributed by atoms with Gasteiger partial charge in [-0.25, -0.2) is 4.39 Å². The molecule has 0 bridgehead atoms. The number of carbonyl (C=O) groups is 1. The number of carbonyl (C=O) groups excluding carboxylic acids is 1. The van der Waals surface area contributed by atoms with Crippen LogP contribution < -0.4 is 14.8 Å². The van der Waals surface area contributed by atoms with Crippen LogP contribution in [0.25, 0.3) is 0 Å². The van der Waals surface area contributed by atoms with E-state index >= 15 is 0 Å². The summed E-state index contributed by atoms with van der Waals surface area (Å²) in [5.41, 5.74) is -0.986. The van der Waals surface area contributed by atoms with Crippen molar-refractivity contribution in [2.45, 2.75) is 72.3 Å². The average molecular weight is 521 g/mol. The zero-order valence-corrected chi connectivity index (χ0v) is 21.8. The first-order chi connectivity index (χ1) is 17.2. The molecule has 1 atom stereocenters. The molecule has 0 unspecified atom stereocenters. The Morgan fingerprint density at radius 3 is 2.51 bits per heavy atom. The number of rotatable bonds is 11. The van der Waals surface area contributed by atoms with Gasteiger partial charge < -0.3 is 29.6 Å². The quantitative estimate of drug-likeness (QED) is 0.319. The van der Waals surface area contributed by atoms with Crippen LogP contribution >= 0.6 is 0 Å². The summed E-state index contributed by atoms with van der Waals surface area (Å²) in [4.78, 5) is 13.2. The first-order valence-corrected chi connectivity index (χ1v) is 12.0. The maximum atomic E-state index is 14.8. The number of nitrogens with zero attached hydrogens (tertiary/aromatic N) is 3. The van der Waals surface area contributed by atoms with Gasteiger partial charge in [0.2, 0.25) is 17.5 Å². The van der Waals surface area contributed by atoms with E-state index < -0.39 is 34.9 Å². The lowest BCUT2D eigenvalue weighted by molar-refractivity contribution is -0.119. The zero-order chi connectivity index (χ0) is 27.5. The van der Waals surface area contributed by atoms with Crippen molar-refractivity contribution in [3.05, 3.63) is 48.3 Å². The van der Waals surface area contributed by atoms with E-state index in [1.165, 1.54) is 27.6 Å². The summed E-state index contributed by atoms with van der Waals surface area (Å²) in [7, 11) is 0. The SMILES string of the molecule is CC(C)C[C@@H](C(=O)Nc1ccn(CC(C)(C)O)n1)n1cc(Oc2c(F)ccc(OC(C)C)c2F)cc1O. The van der Waals surface area contributed by atoms with Crippen LogP contribution in [0.1, 0.15) is 54.0 Å². The number of halogens is 2. The van der Waals surface area contributed by atoms with Crippen molar-refractivity contribution in [2.75, 3.05) is 5.32 Å². The Kier molecular flexibility index (Phi) is 8.47. The van der Waals surface area contributed by atoms with Crippen molar-refractivity contribution >= 4 is 11.7 Å². The highest BCUT2D eigenvalue weighted by Crippen LogP contribution is 2.37. The lowest BCUT2D eigenvalue weighted by atomic mass is 10.0. The predicted octanol–water partition coefficient (Wildman–Crippen LogP) is 5.24. The van der Waals surface area contributed by atoms with Gasteiger partial charge in [-0.1, -0.05) is 13.8 Å². The van der Waals surface area contributed by atoms with Gasteiger partial charge in [0.15, 0.2) is 23.3 Å². The number of nitrogens with one attached hydrogen (secondary N) is 1. The van der Waals surface area contributed by atoms with Gasteiger partial charge in [-0.3, -0.25) is 9.48 Å². The summed E-state index contributed by atoms with van der Waals surface area (Å²) in [6.07, 6.45) is 2.95. The number of amides is 1. The third-order valence-electron chi connectivity index (χ3n) is 5.17. The molecule has 3 N–H and O–H groups in total. The molecule has 37 heavy (non-hydrogen) atoms. The fraction of sp³-hybridized carbons (Fsp3) is 0.462. The Hall–Kier alpha value is -3.60. The number of ether oxygens (including phenoxy) is 2. The van der Waals surface area contributed by atoms with Crippen molar-refractivity contribution in [1.29, 1.82) is 0 Å². The van der Waals surface area contributed by atoms with Crippen LogP contribution in [-0.4, -0.2) is 42.2 Å². The second-order valence-electron chi connectivity index (χ2n) is 10.2. The van der Waals surface area contributed by atoms with E-state index in [9.17, 15) is 23.8 Å². The monoisotopic (exact) mass is 520 g/mol. The lowest BCUT2D eigenvalue weighted by Gasteiger charge is -2.20. The van der Waals surface area contributed by atoms with Gasteiger partial charge in [-0.15, -0.1) is 0 Å². The molecule has 0 saturated heterocycles. The number of hydrogen-bond acceptors (Lipinski definition) is 6. The lowest BCUT2D eigenvalue weighted by Crippen LogP contribution is -2.28. The smallest absolute Gasteiger partial charge is 0.248 e. The van der Waals surface area contributed by atoms with Crippen LogP contribution in [0.15, 0.2) is 36.7 Å². The minimum Gasteiger partial charge on any atom is -0.494 e. The standard InChI is InChI=1S/C26H34F2N4O5/c1-15(2)11-19(25(34)29-21-9-10-31(30-21)14-26(5,6)35)32-13-17(12-22(32)33)37-24-18(27)7-8-20(23(24)28)36-16(3)4/h7-10,12-13,15-16,19,33,35H,11,14H2,1-6H3,(H,29,30,34)/t19-/m0/s1. The molecule has 0 aliphatic carbocycles. The molecule has 11 heteroatoms. The van der Waals surface area contributed by atoms with Crippen molar-refractivity contribution < 1.29 is 33.3 Å². The maximum absolute atomic E-state index is 14.8. The molecule has 0 radical (unpaired) electrons. The average Bonchev–Trinajstić information content (AvgIpc) is 3.35. The molecule has 0 fully saturated rings. The Labute approximate surface area is 214 Å². The molecule has 1 amide bonds. The van der Waals surface area contributed by atoms with Crippen molar-refractivity contribution in [3.63, 3.8) is 0 Å². The van der Waals surface area contributed by atoms with Crippen LogP contribution in [-0.2, 0) is 11.3 Å². The van der Waals surface area contributed by atoms with Crippen molar-refractivity contribution in [3.8, 4) is 23.1 Å². The molecule has 0 saturated carbocycles. The summed E-state index contributed by atoms with van der Waals surface area (Å²) in [6, 6.07) is 4.10. The molecule has 0 spiro atoms. The summed E-state index contributed by atoms with van der Waals surface area (Å²) >= 11 is 0. The van der Waals surface area contributed by atoms with E-state index in [-0.39, 0.29) is 41.8 Å². The second kappa shape index (κ2) is 11.2. The molecule has 2 heterocycles. The van der Waals surface area contributed by atoms with E-state index in [2.05, 4.69) is 10.4 Å². The molecular formula is C26H34F2N4O5. The summed E-state index contributed by atoms with van der Waals surface area (Å²) in [5.74, 6) is -3.31. The normalized spacial score (nSPS) is 12.7. The second-order valence-corrected chi connectivity index (χ2v) is 10.2. The maximum Gasteiger partial charge on any atom is 0.248 e. The topological polar surface area (TPSA) is 111 Å². The highest BCUT2D eigenvalue weighted by atomic mass is 19.1. The van der Waals surface area contributed by atoms with Gasteiger partial charge in [0.05, 0.1) is 24.4 Å². The van der Waals surface area contributed by atoms with Crippen LogP contribution in [0.5, 0.6) is 23.1 Å². The third-order valence-corrected chi connectivity index (χ3v) is 5.17. The Balaban J connectivity index is 1.85. The highest BCUT2D eigenvalue weighted by Gasteiger charge is 2.27. The minimum absolute atomic E-state index is 0.0620. The van der Waals surface area contributed by atoms with Gasteiger partial charge in [0, 0.05) is 18.3 Å². The summed E-state index contributed by atoms with van der Waals surface area (Å²) in [6.45, 7) is 10.8. The highest BCUT2D eigenvalue weighted by molar-refractivity contribution is 5.93. The number of aromatic hydroxyl groups is 1. The van der Waals surface area contributed by atoms with Crippen LogP contribution in [0, 0.1) is 17.6 Å². The van der Waals surface area contributed by atoms with Gasteiger partial charge in [-0.05, 0) is 52.2 Å². The van der Waals surface area contributed by atoms with Gasteiger partial charge in [-0.2, -0.15) is 9.49 Å². The molecule has 3 rings (SSSR count). The van der Waals surface area contributed by atoms with Crippen LogP contribution in [0.4, 0.5) is 14.6 Å². The van der Waals surface area contributed by atoms with E-state index in [4.69, 9.17) is 9.47 Å². The summed E-state index contributed by atoms with van der Waals surface area (Å²) < 4.78 is 42.8. The molecule has 9 nitrogen and oxygen atoms in total. The van der Waals surface area contributed by atoms with E-state index in [0.717, 1.165) is 6.07 Å². The first-order valence-electron chi connectivity index (χ1n) is 12.0. The van der Waals surface area contributed by atoms with Crippen LogP contribution in [0.3, 0.4) is 0 Å². The number of aliphatic hydroxyl groups is 1. The number of anilines is 1. The van der Waals surface area contributed by atoms with Crippen molar-refractivity contribution in [2.24, 2.45) is 5.92 Å². The fourth-order valence-corrected chi connectivity index (χ4v) is 3.73. The van der Waals surface area contributed by atoms with E-state index in [1.54, 1.807) is 40.0 Å². The molecule has 0 aliphatic heterocycles. The van der Waals surface area contributed by atoms with Crippen molar-refractivity contribution in [1.82, 2.24) is 14.3 Å². The summed E-state index contributed by atoms with van der Waals surface area (Å²) in [5, 5.41) is 27.5. The van der Waals surface area contributed by atoms with E-state index in [1.807, 2.05) is 13.8 Å². The Bertz CT molecular complexity index is 1230. The molecule has 0 aliphatic rings. The number of benzene rings is 1. The molecule has 3 aromatic rings. The first kappa shape index (κ1) is 28.0. The van der Waals surface area contributed by atoms with E-state index in [0.29, 0.717) is 6.42 Å². The zero-order valence-electron chi connectivity index (χ0n) is 21.8. The molecular weight excluding hydrogens is 486 g/mol. The fourth-order valence-electron chi connectivity index (χ4n) is 3.73. The predicted molar refractivity (Wildman–Crippen MR) is 134 cm³/mol. The largest absolute Gasteiger partial charge is 0.494 e. The van der Waals surface area contributed by atoms with Crippen LogP contribution in [0.2, 0.25) is 0 Å². The number of aromatic nitrogens is 3. The Morgan fingerprint density at radius 2 is 1.89 bits per heavy atom. The van der Waals surface area contributed by atoms with Gasteiger partial charge in [0.25, 0.3) is 0 Å². The number of hydrogen-bond donors (Lipinski definition) is 3. The molecule has 2 aromatic heterocycles. The minimum atomic E-state index is -1.01. The Morgan fingerprint density at radius 1 is 1.19 bits per heavy atom. The molecule has 202 valence electrons. The third kappa shape index (κ3) is 7.45. The molecule has 1 aromatic carbocycles. The van der Waals surface area contributed by atoms with Gasteiger partial charge >= 0.3 is 0 Å².